The molecule has 2 N–H and O–H groups in total. The molecule has 1 saturated heterocycles. The smallest absolute Gasteiger partial charge is 0.331 e. The molecule has 1 unspecified atom stereocenters. The van der Waals surface area contributed by atoms with Crippen molar-refractivity contribution in [3.63, 3.8) is 0 Å². The van der Waals surface area contributed by atoms with Crippen LogP contribution >= 0.6 is 0 Å². The number of hydrogen-bond donors (Lipinski definition) is 2. The van der Waals surface area contributed by atoms with Crippen molar-refractivity contribution in [2.75, 3.05) is 13.2 Å². The maximum Gasteiger partial charge on any atom is 0.331 e. The molecule has 0 aliphatic carbocycles. The number of nitrogens with one attached hydrogen (secondary N) is 1. The number of nitrogens with zero attached hydrogens (tertiary/aromatic N) is 1. The minimum absolute atomic E-state index is 0.0451. The Balaban J connectivity index is 1.68. The molecule has 1 fully saturated rings. The van der Waals surface area contributed by atoms with E-state index in [9.17, 15) is 14.7 Å². The molecular weight excluding hydrogens is 324 g/mol. The lowest BCUT2D eigenvalue weighted by molar-refractivity contribution is -0.144. The quantitative estimate of drug-likeness (QED) is 0.828. The minimum Gasteiger partial charge on any atom is -0.479 e. The number of carboxylic acids is 1. The molecule has 0 bridgehead atoms. The maximum absolute atomic E-state index is 12.4. The number of carbonyl (C=O) groups is 2. The first-order valence-electron chi connectivity index (χ1n) is 7.85. The van der Waals surface area contributed by atoms with E-state index >= 15 is 0 Å². The molecule has 0 saturated carbocycles. The van der Waals surface area contributed by atoms with Gasteiger partial charge in [0.2, 0.25) is 5.88 Å². The van der Waals surface area contributed by atoms with Gasteiger partial charge in [0, 0.05) is 30.9 Å². The molecule has 2 aromatic rings. The lowest BCUT2D eigenvalue weighted by Gasteiger charge is -2.23. The van der Waals surface area contributed by atoms with E-state index in [0.717, 1.165) is 5.56 Å². The average Bonchev–Trinajstić information content (AvgIpc) is 3.11. The minimum atomic E-state index is -1.38. The van der Waals surface area contributed by atoms with Gasteiger partial charge in [-0.15, -0.1) is 0 Å². The summed E-state index contributed by atoms with van der Waals surface area (Å²) in [6.07, 6.45) is 1.68. The number of rotatable bonds is 6. The highest BCUT2D eigenvalue weighted by Gasteiger charge is 2.44. The van der Waals surface area contributed by atoms with Gasteiger partial charge in [0.05, 0.1) is 6.61 Å². The summed E-state index contributed by atoms with van der Waals surface area (Å²) in [7, 11) is 0. The van der Waals surface area contributed by atoms with Crippen LogP contribution in [0.15, 0.2) is 48.7 Å². The van der Waals surface area contributed by atoms with Crippen LogP contribution in [0.3, 0.4) is 0 Å². The molecule has 1 aliphatic rings. The van der Waals surface area contributed by atoms with E-state index in [0.29, 0.717) is 19.1 Å². The molecule has 7 nitrogen and oxygen atoms in total. The van der Waals surface area contributed by atoms with E-state index in [1.807, 2.05) is 30.3 Å². The van der Waals surface area contributed by atoms with Crippen LogP contribution < -0.4 is 10.1 Å². The van der Waals surface area contributed by atoms with Crippen molar-refractivity contribution in [2.45, 2.75) is 18.6 Å². The fourth-order valence-electron chi connectivity index (χ4n) is 2.54. The van der Waals surface area contributed by atoms with Gasteiger partial charge < -0.3 is 19.9 Å². The third-order valence-corrected chi connectivity index (χ3v) is 4.01. The van der Waals surface area contributed by atoms with Crippen molar-refractivity contribution in [2.24, 2.45) is 0 Å². The second kappa shape index (κ2) is 7.31. The number of hydrogen-bond acceptors (Lipinski definition) is 5. The topological polar surface area (TPSA) is 97.8 Å². The molecular formula is C18H18N2O5. The second-order valence-corrected chi connectivity index (χ2v) is 5.80. The van der Waals surface area contributed by atoms with Gasteiger partial charge in [0.15, 0.2) is 5.54 Å². The highest BCUT2D eigenvalue weighted by molar-refractivity contribution is 5.98. The predicted molar refractivity (Wildman–Crippen MR) is 88.3 cm³/mol. The van der Waals surface area contributed by atoms with E-state index in [4.69, 9.17) is 9.47 Å². The zero-order valence-corrected chi connectivity index (χ0v) is 13.5. The summed E-state index contributed by atoms with van der Waals surface area (Å²) in [5.74, 6) is -1.31. The van der Waals surface area contributed by atoms with Crippen molar-refractivity contribution < 1.29 is 24.2 Å². The van der Waals surface area contributed by atoms with Gasteiger partial charge in [-0.2, -0.15) is 0 Å². The number of aromatic nitrogens is 1. The zero-order chi connectivity index (χ0) is 17.7. The molecule has 0 radical (unpaired) electrons. The van der Waals surface area contributed by atoms with E-state index in [1.54, 1.807) is 0 Å². The first-order valence-corrected chi connectivity index (χ1v) is 7.85. The summed E-state index contributed by atoms with van der Waals surface area (Å²) in [6.45, 7) is 0.580. The first-order chi connectivity index (χ1) is 12.1. The molecule has 1 aliphatic heterocycles. The van der Waals surface area contributed by atoms with Crippen LogP contribution in [0.25, 0.3) is 0 Å². The van der Waals surface area contributed by atoms with E-state index < -0.39 is 17.4 Å². The van der Waals surface area contributed by atoms with Gasteiger partial charge in [0.25, 0.3) is 5.91 Å². The number of carbonyl (C=O) groups excluding carboxylic acids is 1. The van der Waals surface area contributed by atoms with Crippen molar-refractivity contribution in [1.82, 2.24) is 10.3 Å². The zero-order valence-electron chi connectivity index (χ0n) is 13.5. The third-order valence-electron chi connectivity index (χ3n) is 4.01. The van der Waals surface area contributed by atoms with Gasteiger partial charge in [-0.3, -0.25) is 4.79 Å². The number of ether oxygens (including phenoxy) is 2. The Bertz CT molecular complexity index is 757. The Morgan fingerprint density at radius 1 is 1.28 bits per heavy atom. The van der Waals surface area contributed by atoms with Crippen LogP contribution in [0.2, 0.25) is 0 Å². The number of aliphatic carboxylic acids is 1. The summed E-state index contributed by atoms with van der Waals surface area (Å²) in [5.41, 5.74) is -0.122. The lowest BCUT2D eigenvalue weighted by Crippen LogP contribution is -2.55. The molecule has 1 aromatic heterocycles. The number of pyridine rings is 1. The SMILES string of the molecule is O=C(NC1(C(=O)O)CCOC1)c1ccnc(OCc2ccccc2)c1. The summed E-state index contributed by atoms with van der Waals surface area (Å²) in [5, 5.41) is 12.0. The molecule has 0 spiro atoms. The van der Waals surface area contributed by atoms with Crippen LogP contribution in [0.4, 0.5) is 0 Å². The average molecular weight is 342 g/mol. The monoisotopic (exact) mass is 342 g/mol. The highest BCUT2D eigenvalue weighted by atomic mass is 16.5. The fraction of sp³-hybridized carbons (Fsp3) is 0.278. The van der Waals surface area contributed by atoms with E-state index in [-0.39, 0.29) is 18.6 Å². The first kappa shape index (κ1) is 16.9. The highest BCUT2D eigenvalue weighted by Crippen LogP contribution is 2.20. The molecule has 130 valence electrons. The van der Waals surface area contributed by atoms with Gasteiger partial charge in [-0.05, 0) is 11.6 Å². The molecule has 1 atom stereocenters. The van der Waals surface area contributed by atoms with E-state index in [1.165, 1.54) is 18.3 Å². The summed E-state index contributed by atoms with van der Waals surface area (Å²) < 4.78 is 10.7. The Kier molecular flexibility index (Phi) is 4.95. The van der Waals surface area contributed by atoms with Crippen molar-refractivity contribution >= 4 is 11.9 Å². The Morgan fingerprint density at radius 3 is 2.76 bits per heavy atom. The van der Waals surface area contributed by atoms with Crippen LogP contribution in [-0.2, 0) is 16.1 Å². The molecule has 2 heterocycles. The number of carboxylic acid groups (broad SMARTS) is 1. The van der Waals surface area contributed by atoms with E-state index in [2.05, 4.69) is 10.3 Å². The van der Waals surface area contributed by atoms with Crippen molar-refractivity contribution in [3.8, 4) is 5.88 Å². The summed E-state index contributed by atoms with van der Waals surface area (Å²) >= 11 is 0. The van der Waals surface area contributed by atoms with Crippen LogP contribution in [0.5, 0.6) is 5.88 Å². The van der Waals surface area contributed by atoms with Gasteiger partial charge in [-0.25, -0.2) is 9.78 Å². The Morgan fingerprint density at radius 2 is 2.08 bits per heavy atom. The Hall–Kier alpha value is -2.93. The predicted octanol–water partition coefficient (Wildman–Crippen LogP) is 1.63. The Labute approximate surface area is 144 Å². The van der Waals surface area contributed by atoms with Gasteiger partial charge in [-0.1, -0.05) is 30.3 Å². The fourth-order valence-corrected chi connectivity index (χ4v) is 2.54. The largest absolute Gasteiger partial charge is 0.479 e. The molecule has 7 heteroatoms. The third kappa shape index (κ3) is 3.95. The molecule has 3 rings (SSSR count). The summed E-state index contributed by atoms with van der Waals surface area (Å²) in [6, 6.07) is 12.6. The normalized spacial score (nSPS) is 19.4. The second-order valence-electron chi connectivity index (χ2n) is 5.80. The molecule has 1 amide bonds. The van der Waals surface area contributed by atoms with Crippen LogP contribution in [-0.4, -0.2) is 40.7 Å². The number of amides is 1. The standard InChI is InChI=1S/C18H18N2O5/c21-16(20-18(17(22)23)7-9-24-12-18)14-6-8-19-15(10-14)25-11-13-4-2-1-3-5-13/h1-6,8,10H,7,9,11-12H2,(H,20,21)(H,22,23). The van der Waals surface area contributed by atoms with Gasteiger partial charge >= 0.3 is 5.97 Å². The lowest BCUT2D eigenvalue weighted by atomic mass is 9.98. The van der Waals surface area contributed by atoms with Crippen molar-refractivity contribution in [3.05, 3.63) is 59.8 Å². The van der Waals surface area contributed by atoms with Crippen LogP contribution in [0.1, 0.15) is 22.3 Å². The molecule has 1 aromatic carbocycles. The van der Waals surface area contributed by atoms with Gasteiger partial charge in [0.1, 0.15) is 6.61 Å². The number of benzene rings is 1. The summed E-state index contributed by atoms with van der Waals surface area (Å²) in [4.78, 5) is 28.0. The maximum atomic E-state index is 12.4. The van der Waals surface area contributed by atoms with Crippen LogP contribution in [0, 0.1) is 0 Å². The molecule has 25 heavy (non-hydrogen) atoms. The van der Waals surface area contributed by atoms with Crippen molar-refractivity contribution in [1.29, 1.82) is 0 Å².